The van der Waals surface area contributed by atoms with Gasteiger partial charge in [0.15, 0.2) is 0 Å². The average Bonchev–Trinajstić information content (AvgIpc) is 2.66. The highest BCUT2D eigenvalue weighted by molar-refractivity contribution is 7.12. The zero-order valence-electron chi connectivity index (χ0n) is 12.4. The van der Waals surface area contributed by atoms with E-state index < -0.39 is 0 Å². The lowest BCUT2D eigenvalue weighted by atomic mass is 10.0. The average molecular weight is 265 g/mol. The number of thiophene rings is 1. The van der Waals surface area contributed by atoms with Crippen LogP contribution in [0.15, 0.2) is 6.58 Å². The van der Waals surface area contributed by atoms with Crippen molar-refractivity contribution in [2.24, 2.45) is 0 Å². The van der Waals surface area contributed by atoms with Gasteiger partial charge in [0.1, 0.15) is 0 Å². The van der Waals surface area contributed by atoms with Crippen LogP contribution in [-0.2, 0) is 12.8 Å². The Morgan fingerprint density at radius 2 is 1.94 bits per heavy atom. The Hall–Kier alpha value is -0.760. The number of hydrogen-bond donors (Lipinski definition) is 1. The van der Waals surface area contributed by atoms with Crippen LogP contribution in [0, 0.1) is 6.92 Å². The molecule has 18 heavy (non-hydrogen) atoms. The number of aryl methyl sites for hydroxylation is 2. The molecule has 1 heterocycles. The van der Waals surface area contributed by atoms with Crippen molar-refractivity contribution in [2.75, 3.05) is 6.54 Å². The zero-order valence-corrected chi connectivity index (χ0v) is 13.2. The summed E-state index contributed by atoms with van der Waals surface area (Å²) in [4.78, 5) is 2.98. The summed E-state index contributed by atoms with van der Waals surface area (Å²) in [6, 6.07) is 0. The lowest BCUT2D eigenvalue weighted by Gasteiger charge is -2.12. The van der Waals surface area contributed by atoms with Crippen molar-refractivity contribution in [3.8, 4) is 0 Å². The van der Waals surface area contributed by atoms with Crippen molar-refractivity contribution < 1.29 is 0 Å². The van der Waals surface area contributed by atoms with Crippen LogP contribution in [0.1, 0.15) is 60.9 Å². The number of hydrogen-bond acceptors (Lipinski definition) is 2. The van der Waals surface area contributed by atoms with Crippen molar-refractivity contribution in [1.82, 2.24) is 5.32 Å². The molecule has 0 saturated carbocycles. The fraction of sp³-hybridized carbons (Fsp3) is 0.625. The maximum Gasteiger partial charge on any atom is 0.0354 e. The lowest BCUT2D eigenvalue weighted by molar-refractivity contribution is 0.744. The van der Waals surface area contributed by atoms with Gasteiger partial charge >= 0.3 is 0 Å². The molecule has 0 radical (unpaired) electrons. The van der Waals surface area contributed by atoms with Crippen LogP contribution < -0.4 is 5.32 Å². The second-order valence-electron chi connectivity index (χ2n) is 4.80. The first-order valence-corrected chi connectivity index (χ1v) is 8.01. The summed E-state index contributed by atoms with van der Waals surface area (Å²) in [5, 5.41) is 3.48. The first-order valence-electron chi connectivity index (χ1n) is 7.19. The summed E-state index contributed by atoms with van der Waals surface area (Å²) >= 11 is 1.96. The highest BCUT2D eigenvalue weighted by Crippen LogP contribution is 2.33. The van der Waals surface area contributed by atoms with Gasteiger partial charge in [0.25, 0.3) is 0 Å². The fourth-order valence-corrected chi connectivity index (χ4v) is 3.75. The molecule has 102 valence electrons. The third kappa shape index (κ3) is 3.61. The van der Waals surface area contributed by atoms with Crippen LogP contribution in [0.4, 0.5) is 0 Å². The third-order valence-corrected chi connectivity index (χ3v) is 4.48. The van der Waals surface area contributed by atoms with Crippen molar-refractivity contribution in [1.29, 1.82) is 0 Å². The Labute approximate surface area is 116 Å². The Balaban J connectivity index is 2.89. The minimum Gasteiger partial charge on any atom is -0.385 e. The quantitative estimate of drug-likeness (QED) is 0.657. The Morgan fingerprint density at radius 1 is 1.22 bits per heavy atom. The van der Waals surface area contributed by atoms with Gasteiger partial charge in [-0.05, 0) is 31.7 Å². The smallest absolute Gasteiger partial charge is 0.0354 e. The molecular weight excluding hydrogens is 238 g/mol. The van der Waals surface area contributed by atoms with Gasteiger partial charge in [-0.25, -0.2) is 0 Å². The molecular formula is C16H27NS. The fourth-order valence-electron chi connectivity index (χ4n) is 2.35. The number of rotatable bonds is 8. The van der Waals surface area contributed by atoms with Crippen LogP contribution in [0.25, 0.3) is 5.70 Å². The largest absolute Gasteiger partial charge is 0.385 e. The number of unbranched alkanes of at least 4 members (excludes halogenated alkanes) is 1. The molecule has 1 aromatic rings. The minimum absolute atomic E-state index is 1.04. The highest BCUT2D eigenvalue weighted by Gasteiger charge is 2.15. The van der Waals surface area contributed by atoms with E-state index in [0.29, 0.717) is 0 Å². The standard InChI is InChI=1S/C16H27NS/c1-6-9-11-17-12(4)16-13(5)18-15(10-7-2)14(16)8-3/h17H,4,6-11H2,1-3,5H3. The molecule has 0 bridgehead atoms. The summed E-state index contributed by atoms with van der Waals surface area (Å²) < 4.78 is 0. The van der Waals surface area contributed by atoms with Crippen molar-refractivity contribution in [2.45, 2.75) is 59.8 Å². The summed E-state index contributed by atoms with van der Waals surface area (Å²) in [5.74, 6) is 0. The van der Waals surface area contributed by atoms with E-state index >= 15 is 0 Å². The van der Waals surface area contributed by atoms with Gasteiger partial charge in [-0.2, -0.15) is 0 Å². The Morgan fingerprint density at radius 3 is 2.50 bits per heavy atom. The van der Waals surface area contributed by atoms with Gasteiger partial charge < -0.3 is 5.32 Å². The van der Waals surface area contributed by atoms with Crippen molar-refractivity contribution in [3.63, 3.8) is 0 Å². The van der Waals surface area contributed by atoms with Crippen LogP contribution in [0.3, 0.4) is 0 Å². The number of nitrogens with one attached hydrogen (secondary N) is 1. The molecule has 0 amide bonds. The van der Waals surface area contributed by atoms with Gasteiger partial charge in [-0.3, -0.25) is 0 Å². The van der Waals surface area contributed by atoms with Gasteiger partial charge in [0.2, 0.25) is 0 Å². The van der Waals surface area contributed by atoms with Crippen LogP contribution in [0.2, 0.25) is 0 Å². The molecule has 0 atom stereocenters. The monoisotopic (exact) mass is 265 g/mol. The molecule has 1 aromatic heterocycles. The van der Waals surface area contributed by atoms with Crippen LogP contribution in [-0.4, -0.2) is 6.54 Å². The van der Waals surface area contributed by atoms with E-state index in [4.69, 9.17) is 0 Å². The lowest BCUT2D eigenvalue weighted by Crippen LogP contribution is -2.13. The molecule has 0 spiro atoms. The molecule has 0 fully saturated rings. The van der Waals surface area contributed by atoms with E-state index in [9.17, 15) is 0 Å². The second-order valence-corrected chi connectivity index (χ2v) is 6.11. The van der Waals surface area contributed by atoms with Crippen molar-refractivity contribution in [3.05, 3.63) is 27.5 Å². The van der Waals surface area contributed by atoms with Gasteiger partial charge in [-0.15, -0.1) is 11.3 Å². The minimum atomic E-state index is 1.04. The molecule has 0 saturated heterocycles. The summed E-state index contributed by atoms with van der Waals surface area (Å²) in [6.45, 7) is 14.2. The zero-order chi connectivity index (χ0) is 13.5. The molecule has 0 aromatic carbocycles. The predicted molar refractivity (Wildman–Crippen MR) is 84.4 cm³/mol. The van der Waals surface area contributed by atoms with Crippen LogP contribution in [0.5, 0.6) is 0 Å². The third-order valence-electron chi connectivity index (χ3n) is 3.27. The van der Waals surface area contributed by atoms with Crippen LogP contribution >= 0.6 is 11.3 Å². The SMILES string of the molecule is C=C(NCCCC)c1c(C)sc(CCC)c1CC. The maximum atomic E-state index is 4.24. The van der Waals surface area contributed by atoms with E-state index in [2.05, 4.69) is 39.6 Å². The summed E-state index contributed by atoms with van der Waals surface area (Å²) in [6.07, 6.45) is 5.98. The summed E-state index contributed by atoms with van der Waals surface area (Å²) in [7, 11) is 0. The Bertz CT molecular complexity index is 390. The predicted octanol–water partition coefficient (Wildman–Crippen LogP) is 4.93. The molecule has 1 N–H and O–H groups in total. The van der Waals surface area contributed by atoms with E-state index in [0.717, 1.165) is 18.7 Å². The van der Waals surface area contributed by atoms with Crippen molar-refractivity contribution >= 4 is 17.0 Å². The first kappa shape index (κ1) is 15.3. The van der Waals surface area contributed by atoms with E-state index in [1.54, 1.807) is 4.88 Å². The van der Waals surface area contributed by atoms with Gasteiger partial charge in [-0.1, -0.05) is 40.2 Å². The topological polar surface area (TPSA) is 12.0 Å². The first-order chi connectivity index (χ1) is 8.65. The van der Waals surface area contributed by atoms with Gasteiger partial charge in [0, 0.05) is 27.6 Å². The maximum absolute atomic E-state index is 4.24. The van der Waals surface area contributed by atoms with E-state index in [-0.39, 0.29) is 0 Å². The normalized spacial score (nSPS) is 10.7. The van der Waals surface area contributed by atoms with Gasteiger partial charge in [0.05, 0.1) is 0 Å². The molecule has 2 heteroatoms. The summed E-state index contributed by atoms with van der Waals surface area (Å²) in [5.41, 5.74) is 4.03. The molecule has 0 aliphatic heterocycles. The molecule has 1 rings (SSSR count). The molecule has 0 aliphatic carbocycles. The molecule has 0 aliphatic rings. The Kier molecular flexibility index (Phi) is 6.48. The molecule has 1 nitrogen and oxygen atoms in total. The molecule has 0 unspecified atom stereocenters. The van der Waals surface area contributed by atoms with E-state index in [1.807, 2.05) is 11.3 Å². The highest BCUT2D eigenvalue weighted by atomic mass is 32.1. The second kappa shape index (κ2) is 7.63. The van der Waals surface area contributed by atoms with E-state index in [1.165, 1.54) is 41.7 Å².